The van der Waals surface area contributed by atoms with Crippen LogP contribution in [0.4, 0.5) is 0 Å². The monoisotopic (exact) mass is 480 g/mol. The van der Waals surface area contributed by atoms with E-state index in [2.05, 4.69) is 26.1 Å². The van der Waals surface area contributed by atoms with Gasteiger partial charge in [-0.2, -0.15) is 5.10 Å². The van der Waals surface area contributed by atoms with Gasteiger partial charge >= 0.3 is 0 Å². The van der Waals surface area contributed by atoms with Crippen molar-refractivity contribution in [2.75, 3.05) is 6.61 Å². The lowest BCUT2D eigenvalue weighted by molar-refractivity contribution is -0.134. The molecular weight excluding hydrogens is 440 g/mol. The maximum absolute atomic E-state index is 13.8. The highest BCUT2D eigenvalue weighted by atomic mass is 16.5. The second-order valence-electron chi connectivity index (χ2n) is 10.6. The summed E-state index contributed by atoms with van der Waals surface area (Å²) < 4.78 is 7.45. The third kappa shape index (κ3) is 5.54. The zero-order valence-corrected chi connectivity index (χ0v) is 21.7. The Kier molecular flexibility index (Phi) is 7.82. The van der Waals surface area contributed by atoms with E-state index in [1.54, 1.807) is 9.58 Å². The van der Waals surface area contributed by atoms with Gasteiger partial charge in [0.15, 0.2) is 0 Å². The second kappa shape index (κ2) is 10.8. The molecule has 2 amide bonds. The van der Waals surface area contributed by atoms with E-state index in [-0.39, 0.29) is 23.8 Å². The third-order valence-electron chi connectivity index (χ3n) is 7.32. The number of rotatable bonds is 8. The largest absolute Gasteiger partial charge is 0.494 e. The normalized spacial score (nSPS) is 21.1. The molecule has 2 aliphatic rings. The highest BCUT2D eigenvalue weighted by Crippen LogP contribution is 2.31. The van der Waals surface area contributed by atoms with Crippen molar-refractivity contribution in [1.29, 1.82) is 0 Å². The molecule has 190 valence electrons. The van der Waals surface area contributed by atoms with E-state index in [0.717, 1.165) is 49.1 Å². The van der Waals surface area contributed by atoms with E-state index in [4.69, 9.17) is 9.84 Å². The van der Waals surface area contributed by atoms with Crippen molar-refractivity contribution in [3.63, 3.8) is 0 Å². The van der Waals surface area contributed by atoms with Crippen molar-refractivity contribution in [2.24, 2.45) is 0 Å². The molecule has 0 spiro atoms. The number of nitrogens with zero attached hydrogens (tertiary/aromatic N) is 3. The SMILES string of the molecule is CCCOc1ccc(CN2C(=O)c3cc(C(C)C)nn3C[C@@]2(C)C(=O)NC2CCCCCC2)cc1. The zero-order chi connectivity index (χ0) is 25.0. The number of ether oxygens (including phenoxy) is 1. The highest BCUT2D eigenvalue weighted by Gasteiger charge is 2.48. The van der Waals surface area contributed by atoms with E-state index in [1.165, 1.54) is 12.8 Å². The summed E-state index contributed by atoms with van der Waals surface area (Å²) in [6, 6.07) is 9.87. The Morgan fingerprint density at radius 2 is 1.86 bits per heavy atom. The quantitative estimate of drug-likeness (QED) is 0.537. The first-order valence-corrected chi connectivity index (χ1v) is 13.2. The number of hydrogen-bond acceptors (Lipinski definition) is 4. The number of carbonyl (C=O) groups excluding carboxylic acids is 2. The smallest absolute Gasteiger partial charge is 0.273 e. The van der Waals surface area contributed by atoms with Crippen molar-refractivity contribution < 1.29 is 14.3 Å². The Morgan fingerprint density at radius 1 is 1.17 bits per heavy atom. The number of hydrogen-bond donors (Lipinski definition) is 1. The lowest BCUT2D eigenvalue weighted by Gasteiger charge is -2.44. The van der Waals surface area contributed by atoms with Crippen molar-refractivity contribution in [1.82, 2.24) is 20.0 Å². The molecule has 2 aromatic rings. The summed E-state index contributed by atoms with van der Waals surface area (Å²) >= 11 is 0. The summed E-state index contributed by atoms with van der Waals surface area (Å²) in [7, 11) is 0. The van der Waals surface area contributed by atoms with Gasteiger partial charge < -0.3 is 15.0 Å². The molecule has 1 aliphatic carbocycles. The van der Waals surface area contributed by atoms with Crippen LogP contribution in [0.1, 0.15) is 100 Å². The molecule has 1 N–H and O–H groups in total. The number of fused-ring (bicyclic) bond motifs is 1. The van der Waals surface area contributed by atoms with Gasteiger partial charge in [0.25, 0.3) is 5.91 Å². The van der Waals surface area contributed by atoms with E-state index in [9.17, 15) is 9.59 Å². The molecule has 7 nitrogen and oxygen atoms in total. The van der Waals surface area contributed by atoms with E-state index in [0.29, 0.717) is 25.4 Å². The van der Waals surface area contributed by atoms with Crippen LogP contribution in [0.5, 0.6) is 5.75 Å². The van der Waals surface area contributed by atoms with Crippen LogP contribution in [-0.4, -0.2) is 44.7 Å². The van der Waals surface area contributed by atoms with Gasteiger partial charge in [0.1, 0.15) is 17.0 Å². The van der Waals surface area contributed by atoms with Crippen LogP contribution in [0, 0.1) is 0 Å². The molecular formula is C28H40N4O3. The van der Waals surface area contributed by atoms with Gasteiger partial charge in [0.05, 0.1) is 18.8 Å². The predicted octanol–water partition coefficient (Wildman–Crippen LogP) is 5.05. The minimum Gasteiger partial charge on any atom is -0.494 e. The summed E-state index contributed by atoms with van der Waals surface area (Å²) in [5, 5.41) is 8.00. The summed E-state index contributed by atoms with van der Waals surface area (Å²) in [5.74, 6) is 0.776. The van der Waals surface area contributed by atoms with Crippen molar-refractivity contribution in [3.8, 4) is 5.75 Å². The van der Waals surface area contributed by atoms with Crippen LogP contribution in [0.2, 0.25) is 0 Å². The first-order valence-electron chi connectivity index (χ1n) is 13.2. The molecule has 0 saturated heterocycles. The first kappa shape index (κ1) is 25.3. The van der Waals surface area contributed by atoms with Gasteiger partial charge in [-0.3, -0.25) is 14.3 Å². The molecule has 0 radical (unpaired) electrons. The third-order valence-corrected chi connectivity index (χ3v) is 7.32. The number of carbonyl (C=O) groups is 2. The van der Waals surface area contributed by atoms with E-state index >= 15 is 0 Å². The molecule has 1 aromatic carbocycles. The number of amides is 2. The van der Waals surface area contributed by atoms with Gasteiger partial charge in [-0.1, -0.05) is 58.6 Å². The minimum atomic E-state index is -1.03. The molecule has 1 aromatic heterocycles. The van der Waals surface area contributed by atoms with Gasteiger partial charge in [-0.25, -0.2) is 0 Å². The average molecular weight is 481 g/mol. The fourth-order valence-corrected chi connectivity index (χ4v) is 5.05. The summed E-state index contributed by atoms with van der Waals surface area (Å²) in [6.45, 7) is 9.46. The molecule has 2 heterocycles. The fraction of sp³-hybridized carbons (Fsp3) is 0.607. The molecule has 7 heteroatoms. The first-order chi connectivity index (χ1) is 16.8. The molecule has 4 rings (SSSR count). The lowest BCUT2D eigenvalue weighted by Crippen LogP contribution is -2.64. The summed E-state index contributed by atoms with van der Waals surface area (Å²) in [6.07, 6.45) is 7.67. The van der Waals surface area contributed by atoms with Crippen molar-refractivity contribution in [2.45, 2.75) is 103 Å². The molecule has 1 fully saturated rings. The molecule has 1 saturated carbocycles. The number of aromatic nitrogens is 2. The van der Waals surface area contributed by atoms with Crippen LogP contribution in [0.3, 0.4) is 0 Å². The Hall–Kier alpha value is -2.83. The highest BCUT2D eigenvalue weighted by molar-refractivity contribution is 5.99. The van der Waals surface area contributed by atoms with Crippen molar-refractivity contribution in [3.05, 3.63) is 47.3 Å². The Bertz CT molecular complexity index is 1020. The van der Waals surface area contributed by atoms with Crippen LogP contribution in [-0.2, 0) is 17.9 Å². The molecule has 1 atom stereocenters. The zero-order valence-electron chi connectivity index (χ0n) is 21.7. The molecule has 35 heavy (non-hydrogen) atoms. The van der Waals surface area contributed by atoms with Gasteiger partial charge in [-0.05, 0) is 55.9 Å². The Labute approximate surface area is 209 Å². The average Bonchev–Trinajstić information content (AvgIpc) is 3.10. The molecule has 0 unspecified atom stereocenters. The van der Waals surface area contributed by atoms with Crippen LogP contribution in [0.25, 0.3) is 0 Å². The molecule has 0 bridgehead atoms. The number of benzene rings is 1. The standard InChI is InChI=1S/C28H40N4O3/c1-5-16-35-23-14-12-21(13-15-23)18-31-26(33)25-17-24(20(2)3)30-32(25)19-28(31,4)27(34)29-22-10-8-6-7-9-11-22/h12-15,17,20,22H,5-11,16,18-19H2,1-4H3,(H,29,34)/t28-/m0/s1. The van der Waals surface area contributed by atoms with Crippen LogP contribution < -0.4 is 10.1 Å². The topological polar surface area (TPSA) is 76.5 Å². The maximum atomic E-state index is 13.8. The fourth-order valence-electron chi connectivity index (χ4n) is 5.05. The van der Waals surface area contributed by atoms with Gasteiger partial charge in [-0.15, -0.1) is 0 Å². The lowest BCUT2D eigenvalue weighted by atomic mass is 9.93. The van der Waals surface area contributed by atoms with E-state index < -0.39 is 5.54 Å². The number of nitrogens with one attached hydrogen (secondary N) is 1. The van der Waals surface area contributed by atoms with E-state index in [1.807, 2.05) is 37.3 Å². The molecule has 1 aliphatic heterocycles. The Balaban J connectivity index is 1.62. The maximum Gasteiger partial charge on any atom is 0.273 e. The van der Waals surface area contributed by atoms with Gasteiger partial charge in [0.2, 0.25) is 5.91 Å². The minimum absolute atomic E-state index is 0.0899. The summed E-state index contributed by atoms with van der Waals surface area (Å²) in [4.78, 5) is 29.3. The Morgan fingerprint density at radius 3 is 2.49 bits per heavy atom. The van der Waals surface area contributed by atoms with Crippen LogP contribution >= 0.6 is 0 Å². The van der Waals surface area contributed by atoms with Crippen molar-refractivity contribution >= 4 is 11.8 Å². The van der Waals surface area contributed by atoms with Crippen LogP contribution in [0.15, 0.2) is 30.3 Å². The predicted molar refractivity (Wildman–Crippen MR) is 136 cm³/mol. The van der Waals surface area contributed by atoms with Gasteiger partial charge in [0, 0.05) is 12.6 Å². The second-order valence-corrected chi connectivity index (χ2v) is 10.6. The summed E-state index contributed by atoms with van der Waals surface area (Å²) in [5.41, 5.74) is 1.36.